The maximum absolute atomic E-state index is 12.3. The molecule has 3 rings (SSSR count). The Kier molecular flexibility index (Phi) is 5.70. The molecular weight excluding hydrogens is 374 g/mol. The van der Waals surface area contributed by atoms with Crippen LogP contribution < -0.4 is 14.9 Å². The molecule has 0 radical (unpaired) electrons. The van der Waals surface area contributed by atoms with E-state index in [1.807, 2.05) is 30.3 Å². The summed E-state index contributed by atoms with van der Waals surface area (Å²) in [7, 11) is -3.53. The molecule has 2 aromatic rings. The smallest absolute Gasteiger partial charge is 0.250 e. The molecule has 1 aliphatic heterocycles. The number of nitrogens with zero attached hydrogens (tertiary/aromatic N) is 1. The van der Waals surface area contributed by atoms with E-state index in [0.29, 0.717) is 6.54 Å². The fourth-order valence-electron chi connectivity index (χ4n) is 2.74. The molecule has 0 unspecified atom stereocenters. The first-order valence-corrected chi connectivity index (χ1v) is 10.5. The highest BCUT2D eigenvalue weighted by Gasteiger charge is 2.34. The van der Waals surface area contributed by atoms with Gasteiger partial charge in [0.2, 0.25) is 21.8 Å². The second kappa shape index (κ2) is 7.98. The lowest BCUT2D eigenvalue weighted by Crippen LogP contribution is -2.38. The molecule has 26 heavy (non-hydrogen) atoms. The van der Waals surface area contributed by atoms with Gasteiger partial charge in [-0.2, -0.15) is 0 Å². The summed E-state index contributed by atoms with van der Waals surface area (Å²) in [5.41, 5.74) is 0.775. The van der Waals surface area contributed by atoms with Gasteiger partial charge in [-0.1, -0.05) is 24.3 Å². The third-order valence-corrected chi connectivity index (χ3v) is 6.90. The lowest BCUT2D eigenvalue weighted by atomic mass is 10.1. The van der Waals surface area contributed by atoms with Crippen molar-refractivity contribution in [2.24, 2.45) is 5.92 Å². The Morgan fingerprint density at radius 1 is 1.15 bits per heavy atom. The highest BCUT2D eigenvalue weighted by molar-refractivity contribution is 7.91. The molecule has 138 valence electrons. The number of carbonyl (C=O) groups excluding carboxylic acids is 2. The lowest BCUT2D eigenvalue weighted by molar-refractivity contribution is -0.126. The molecule has 1 saturated heterocycles. The molecule has 0 bridgehead atoms. The molecule has 7 nitrogen and oxygen atoms in total. The Morgan fingerprint density at radius 2 is 1.92 bits per heavy atom. The van der Waals surface area contributed by atoms with Gasteiger partial charge in [0.15, 0.2) is 0 Å². The number of benzene rings is 1. The second-order valence-electron chi connectivity index (χ2n) is 5.86. The van der Waals surface area contributed by atoms with E-state index in [-0.39, 0.29) is 35.5 Å². The second-order valence-corrected chi connectivity index (χ2v) is 8.80. The zero-order chi connectivity index (χ0) is 18.6. The fourth-order valence-corrected chi connectivity index (χ4v) is 4.81. The fraction of sp³-hybridized carbons (Fsp3) is 0.294. The van der Waals surface area contributed by atoms with Crippen molar-refractivity contribution < 1.29 is 18.0 Å². The first kappa shape index (κ1) is 18.6. The van der Waals surface area contributed by atoms with E-state index < -0.39 is 15.9 Å². The number of hydrogen-bond donors (Lipinski definition) is 2. The van der Waals surface area contributed by atoms with E-state index in [1.165, 1.54) is 6.07 Å². The van der Waals surface area contributed by atoms with Crippen molar-refractivity contribution in [3.63, 3.8) is 0 Å². The maximum atomic E-state index is 12.3. The molecule has 2 heterocycles. The lowest BCUT2D eigenvalue weighted by Gasteiger charge is -2.16. The Bertz CT molecular complexity index is 867. The summed E-state index contributed by atoms with van der Waals surface area (Å²) in [6, 6.07) is 12.4. The third kappa shape index (κ3) is 4.29. The minimum absolute atomic E-state index is 0.0882. The number of thiophene rings is 1. The van der Waals surface area contributed by atoms with E-state index in [1.54, 1.807) is 16.3 Å². The summed E-state index contributed by atoms with van der Waals surface area (Å²) in [4.78, 5) is 26.0. The van der Waals surface area contributed by atoms with Gasteiger partial charge in [0, 0.05) is 31.7 Å². The molecule has 2 N–H and O–H groups in total. The highest BCUT2D eigenvalue weighted by Crippen LogP contribution is 2.24. The standard InChI is InChI=1S/C17H19N3O4S2/c21-15-11-13(12-20(15)14-5-2-1-3-6-14)17(22)18-8-9-19-26(23,24)16-7-4-10-25-16/h1-7,10,13,19H,8-9,11-12H2,(H,18,22)/t13-/m1/s1. The van der Waals surface area contributed by atoms with E-state index in [4.69, 9.17) is 0 Å². The van der Waals surface area contributed by atoms with E-state index in [2.05, 4.69) is 10.0 Å². The van der Waals surface area contributed by atoms with Crippen molar-refractivity contribution in [3.05, 3.63) is 47.8 Å². The van der Waals surface area contributed by atoms with Gasteiger partial charge in [0.25, 0.3) is 0 Å². The van der Waals surface area contributed by atoms with Crippen LogP contribution in [0.25, 0.3) is 0 Å². The van der Waals surface area contributed by atoms with Crippen LogP contribution in [-0.2, 0) is 19.6 Å². The van der Waals surface area contributed by atoms with Crippen LogP contribution in [0.15, 0.2) is 52.1 Å². The largest absolute Gasteiger partial charge is 0.354 e. The Hall–Kier alpha value is -2.23. The summed E-state index contributed by atoms with van der Waals surface area (Å²) >= 11 is 1.13. The number of amides is 2. The van der Waals surface area contributed by atoms with Crippen LogP contribution in [0.5, 0.6) is 0 Å². The van der Waals surface area contributed by atoms with Gasteiger partial charge in [0.1, 0.15) is 4.21 Å². The maximum Gasteiger partial charge on any atom is 0.250 e. The average molecular weight is 393 g/mol. The minimum atomic E-state index is -3.53. The summed E-state index contributed by atoms with van der Waals surface area (Å²) in [6.07, 6.45) is 0.154. The average Bonchev–Trinajstić information content (AvgIpc) is 3.29. The SMILES string of the molecule is O=C(NCCNS(=O)(=O)c1cccs1)[C@@H]1CC(=O)N(c2ccccc2)C1. The van der Waals surface area contributed by atoms with Gasteiger partial charge in [-0.25, -0.2) is 13.1 Å². The molecule has 0 saturated carbocycles. The Morgan fingerprint density at radius 3 is 2.62 bits per heavy atom. The van der Waals surface area contributed by atoms with Crippen LogP contribution >= 0.6 is 11.3 Å². The number of carbonyl (C=O) groups is 2. The predicted octanol–water partition coefficient (Wildman–Crippen LogP) is 1.20. The minimum Gasteiger partial charge on any atom is -0.354 e. The quantitative estimate of drug-likeness (QED) is 0.691. The third-order valence-electron chi connectivity index (χ3n) is 4.04. The number of rotatable bonds is 7. The van der Waals surface area contributed by atoms with Gasteiger partial charge >= 0.3 is 0 Å². The van der Waals surface area contributed by atoms with Gasteiger partial charge in [-0.05, 0) is 23.6 Å². The Labute approximate surface area is 156 Å². The van der Waals surface area contributed by atoms with Gasteiger partial charge in [-0.3, -0.25) is 9.59 Å². The summed E-state index contributed by atoms with van der Waals surface area (Å²) < 4.78 is 26.6. The summed E-state index contributed by atoms with van der Waals surface area (Å²) in [5, 5.41) is 4.38. The van der Waals surface area contributed by atoms with E-state index >= 15 is 0 Å². The van der Waals surface area contributed by atoms with Gasteiger partial charge in [-0.15, -0.1) is 11.3 Å². The van der Waals surface area contributed by atoms with Crippen LogP contribution in [0.2, 0.25) is 0 Å². The van der Waals surface area contributed by atoms with Crippen LogP contribution in [0.3, 0.4) is 0 Å². The number of para-hydroxylation sites is 1. The molecule has 9 heteroatoms. The molecule has 1 aromatic carbocycles. The van der Waals surface area contributed by atoms with Gasteiger partial charge < -0.3 is 10.2 Å². The highest BCUT2D eigenvalue weighted by atomic mass is 32.2. The van der Waals surface area contributed by atoms with E-state index in [9.17, 15) is 18.0 Å². The first-order chi connectivity index (χ1) is 12.5. The number of hydrogen-bond acceptors (Lipinski definition) is 5. The van der Waals surface area contributed by atoms with Crippen molar-refractivity contribution in [1.82, 2.24) is 10.0 Å². The predicted molar refractivity (Wildman–Crippen MR) is 99.4 cm³/mol. The van der Waals surface area contributed by atoms with Crippen LogP contribution in [0, 0.1) is 5.92 Å². The molecule has 1 aliphatic rings. The topological polar surface area (TPSA) is 95.6 Å². The number of nitrogens with one attached hydrogen (secondary N) is 2. The molecular formula is C17H19N3O4S2. The normalized spacial score (nSPS) is 17.5. The summed E-state index contributed by atoms with van der Waals surface area (Å²) in [6.45, 7) is 0.587. The zero-order valence-electron chi connectivity index (χ0n) is 13.9. The van der Waals surface area contributed by atoms with Crippen molar-refractivity contribution in [3.8, 4) is 0 Å². The molecule has 1 aromatic heterocycles. The number of sulfonamides is 1. The monoisotopic (exact) mass is 393 g/mol. The molecule has 1 atom stereocenters. The van der Waals surface area contributed by atoms with Gasteiger partial charge in [0.05, 0.1) is 5.92 Å². The van der Waals surface area contributed by atoms with Crippen molar-refractivity contribution in [2.45, 2.75) is 10.6 Å². The Balaban J connectivity index is 1.47. The summed E-state index contributed by atoms with van der Waals surface area (Å²) in [5.74, 6) is -0.765. The molecule has 0 spiro atoms. The van der Waals surface area contributed by atoms with Crippen LogP contribution in [-0.4, -0.2) is 39.9 Å². The van der Waals surface area contributed by atoms with E-state index in [0.717, 1.165) is 17.0 Å². The van der Waals surface area contributed by atoms with Crippen LogP contribution in [0.4, 0.5) is 5.69 Å². The molecule has 1 fully saturated rings. The number of anilines is 1. The van der Waals surface area contributed by atoms with Crippen LogP contribution in [0.1, 0.15) is 6.42 Å². The molecule has 2 amide bonds. The van der Waals surface area contributed by atoms with Crippen molar-refractivity contribution >= 4 is 38.9 Å². The molecule has 0 aliphatic carbocycles. The van der Waals surface area contributed by atoms with Crippen molar-refractivity contribution in [2.75, 3.05) is 24.5 Å². The zero-order valence-corrected chi connectivity index (χ0v) is 15.6. The van der Waals surface area contributed by atoms with Crippen molar-refractivity contribution in [1.29, 1.82) is 0 Å². The first-order valence-electron chi connectivity index (χ1n) is 8.13.